The first-order valence-electron chi connectivity index (χ1n) is 7.52. The fourth-order valence-corrected chi connectivity index (χ4v) is 2.15. The second-order valence-electron chi connectivity index (χ2n) is 5.25. The Bertz CT molecular complexity index is 792. The number of rotatable bonds is 8. The van der Waals surface area contributed by atoms with Crippen LogP contribution in [0.3, 0.4) is 0 Å². The van der Waals surface area contributed by atoms with Crippen molar-refractivity contribution in [3.63, 3.8) is 0 Å². The van der Waals surface area contributed by atoms with Crippen LogP contribution in [0.1, 0.15) is 22.3 Å². The van der Waals surface area contributed by atoms with Crippen LogP contribution in [0.5, 0.6) is 0 Å². The smallest absolute Gasteiger partial charge is 0.305 e. The van der Waals surface area contributed by atoms with Crippen molar-refractivity contribution < 1.29 is 24.5 Å². The van der Waals surface area contributed by atoms with E-state index in [-0.39, 0.29) is 30.8 Å². The van der Waals surface area contributed by atoms with Crippen LogP contribution >= 0.6 is 11.6 Å². The number of hydrogen-bond acceptors (Lipinski definition) is 5. The van der Waals surface area contributed by atoms with Crippen LogP contribution in [0, 0.1) is 10.1 Å². The third-order valence-corrected chi connectivity index (χ3v) is 3.63. The molecule has 0 spiro atoms. The monoisotopic (exact) mass is 378 g/mol. The predicted molar refractivity (Wildman–Crippen MR) is 92.6 cm³/mol. The molecule has 0 aliphatic heterocycles. The summed E-state index contributed by atoms with van der Waals surface area (Å²) in [6, 6.07) is 11.7. The third-order valence-electron chi connectivity index (χ3n) is 3.38. The van der Waals surface area contributed by atoms with E-state index in [9.17, 15) is 19.7 Å². The molecule has 2 rings (SSSR count). The molecule has 0 aliphatic carbocycles. The Morgan fingerprint density at radius 2 is 1.73 bits per heavy atom. The van der Waals surface area contributed by atoms with Crippen LogP contribution in [0.15, 0.2) is 48.5 Å². The van der Waals surface area contributed by atoms with Gasteiger partial charge in [-0.05, 0) is 29.8 Å². The maximum atomic E-state index is 12.5. The van der Waals surface area contributed by atoms with Crippen molar-refractivity contribution in [1.29, 1.82) is 0 Å². The summed E-state index contributed by atoms with van der Waals surface area (Å²) in [5.41, 5.74) is 0.740. The third kappa shape index (κ3) is 5.54. The van der Waals surface area contributed by atoms with Gasteiger partial charge in [0.2, 0.25) is 0 Å². The quantitative estimate of drug-likeness (QED) is 0.557. The number of amides is 1. The number of non-ortho nitro benzene ring substituents is 1. The van der Waals surface area contributed by atoms with E-state index in [0.29, 0.717) is 5.02 Å². The number of nitro groups is 1. The van der Waals surface area contributed by atoms with Crippen molar-refractivity contribution in [2.45, 2.75) is 13.0 Å². The zero-order valence-corrected chi connectivity index (χ0v) is 14.3. The number of carboxylic acids is 1. The molecule has 26 heavy (non-hydrogen) atoms. The normalized spacial score (nSPS) is 10.3. The van der Waals surface area contributed by atoms with Crippen molar-refractivity contribution in [2.24, 2.45) is 0 Å². The van der Waals surface area contributed by atoms with Crippen LogP contribution in [0.2, 0.25) is 5.02 Å². The average Bonchev–Trinajstić information content (AvgIpc) is 2.62. The lowest BCUT2D eigenvalue weighted by Crippen LogP contribution is -2.33. The minimum Gasteiger partial charge on any atom is -0.481 e. The van der Waals surface area contributed by atoms with E-state index in [4.69, 9.17) is 21.5 Å². The van der Waals surface area contributed by atoms with Gasteiger partial charge in [-0.15, -0.1) is 0 Å². The lowest BCUT2D eigenvalue weighted by Gasteiger charge is -2.21. The molecule has 1 N–H and O–H groups in total. The first kappa shape index (κ1) is 19.4. The van der Waals surface area contributed by atoms with E-state index in [1.165, 1.54) is 24.3 Å². The number of nitrogens with zero attached hydrogens (tertiary/aromatic N) is 2. The highest BCUT2D eigenvalue weighted by molar-refractivity contribution is 6.30. The Morgan fingerprint density at radius 3 is 2.27 bits per heavy atom. The van der Waals surface area contributed by atoms with Crippen molar-refractivity contribution in [3.05, 3.63) is 74.8 Å². The van der Waals surface area contributed by atoms with Gasteiger partial charge in [0.25, 0.3) is 11.6 Å². The molecule has 2 aromatic rings. The summed E-state index contributed by atoms with van der Waals surface area (Å²) in [4.78, 5) is 38.9. The molecule has 0 aliphatic rings. The van der Waals surface area contributed by atoms with Gasteiger partial charge in [0.15, 0.2) is 0 Å². The van der Waals surface area contributed by atoms with E-state index in [0.717, 1.165) is 10.6 Å². The van der Waals surface area contributed by atoms with Gasteiger partial charge >= 0.3 is 5.97 Å². The number of carbonyl (C=O) groups is 2. The van der Waals surface area contributed by atoms with Crippen molar-refractivity contribution >= 4 is 29.2 Å². The molecule has 0 aromatic heterocycles. The summed E-state index contributed by atoms with van der Waals surface area (Å²) in [7, 11) is 0. The number of nitro benzene ring substituents is 1. The first-order chi connectivity index (χ1) is 12.4. The topological polar surface area (TPSA) is 110 Å². The maximum absolute atomic E-state index is 12.5. The molecule has 0 atom stereocenters. The molecular formula is C17H15ClN2O6. The van der Waals surface area contributed by atoms with E-state index in [1.807, 2.05) is 0 Å². The van der Waals surface area contributed by atoms with Gasteiger partial charge in [0, 0.05) is 22.7 Å². The number of carboxylic acid groups (broad SMARTS) is 1. The Kier molecular flexibility index (Phi) is 6.65. The maximum Gasteiger partial charge on any atom is 0.305 e. The summed E-state index contributed by atoms with van der Waals surface area (Å²) in [5.74, 6) is -1.67. The highest BCUT2D eigenvalue weighted by atomic mass is 35.5. The SMILES string of the molecule is O=C(O)CCN(OCc1ccc(Cl)cc1)C(=O)c1ccc([N+](=O)[O-])cc1. The van der Waals surface area contributed by atoms with E-state index < -0.39 is 16.8 Å². The number of benzene rings is 2. The minimum atomic E-state index is -1.08. The average molecular weight is 379 g/mol. The number of aliphatic carboxylic acids is 1. The predicted octanol–water partition coefficient (Wildman–Crippen LogP) is 3.30. The molecule has 0 saturated carbocycles. The van der Waals surface area contributed by atoms with Gasteiger partial charge < -0.3 is 5.11 Å². The fraction of sp³-hybridized carbons (Fsp3) is 0.176. The van der Waals surface area contributed by atoms with Gasteiger partial charge in [0.05, 0.1) is 17.9 Å². The molecule has 8 nitrogen and oxygen atoms in total. The van der Waals surface area contributed by atoms with E-state index >= 15 is 0 Å². The fourth-order valence-electron chi connectivity index (χ4n) is 2.02. The van der Waals surface area contributed by atoms with Gasteiger partial charge in [-0.1, -0.05) is 23.7 Å². The number of hydroxylamine groups is 2. The molecule has 0 heterocycles. The van der Waals surface area contributed by atoms with Gasteiger partial charge in [-0.3, -0.25) is 24.5 Å². The van der Waals surface area contributed by atoms with Crippen molar-refractivity contribution in [3.8, 4) is 0 Å². The van der Waals surface area contributed by atoms with Crippen LogP contribution in [0.4, 0.5) is 5.69 Å². The Labute approximate surface area is 153 Å². The van der Waals surface area contributed by atoms with Crippen molar-refractivity contribution in [1.82, 2.24) is 5.06 Å². The van der Waals surface area contributed by atoms with Gasteiger partial charge in [-0.25, -0.2) is 5.06 Å². The first-order valence-corrected chi connectivity index (χ1v) is 7.90. The summed E-state index contributed by atoms with van der Waals surface area (Å²) >= 11 is 5.81. The molecule has 0 bridgehead atoms. The van der Waals surface area contributed by atoms with Gasteiger partial charge in [0.1, 0.15) is 6.61 Å². The molecule has 0 fully saturated rings. The van der Waals surface area contributed by atoms with Crippen LogP contribution in [0.25, 0.3) is 0 Å². The number of hydrogen-bond donors (Lipinski definition) is 1. The molecule has 0 saturated heterocycles. The molecule has 9 heteroatoms. The zero-order chi connectivity index (χ0) is 19.1. The highest BCUT2D eigenvalue weighted by Gasteiger charge is 2.19. The van der Waals surface area contributed by atoms with Crippen LogP contribution in [-0.2, 0) is 16.2 Å². The van der Waals surface area contributed by atoms with Crippen LogP contribution in [-0.4, -0.2) is 33.5 Å². The molecule has 0 unspecified atom stereocenters. The molecular weight excluding hydrogens is 364 g/mol. The second-order valence-corrected chi connectivity index (χ2v) is 5.69. The lowest BCUT2D eigenvalue weighted by molar-refractivity contribution is -0.384. The van der Waals surface area contributed by atoms with Gasteiger partial charge in [-0.2, -0.15) is 0 Å². The second kappa shape index (κ2) is 8.93. The number of halogens is 1. The highest BCUT2D eigenvalue weighted by Crippen LogP contribution is 2.16. The van der Waals surface area contributed by atoms with Crippen LogP contribution < -0.4 is 0 Å². The minimum absolute atomic E-state index is 0.0372. The molecule has 136 valence electrons. The van der Waals surface area contributed by atoms with Crippen molar-refractivity contribution in [2.75, 3.05) is 6.54 Å². The Hall–Kier alpha value is -2.97. The largest absolute Gasteiger partial charge is 0.481 e. The van der Waals surface area contributed by atoms with E-state index in [2.05, 4.69) is 0 Å². The number of carbonyl (C=O) groups excluding carboxylic acids is 1. The summed E-state index contributed by atoms with van der Waals surface area (Å²) < 4.78 is 0. The summed E-state index contributed by atoms with van der Waals surface area (Å²) in [6.07, 6.45) is -0.306. The summed E-state index contributed by atoms with van der Waals surface area (Å²) in [5, 5.41) is 21.0. The van der Waals surface area contributed by atoms with E-state index in [1.54, 1.807) is 24.3 Å². The zero-order valence-electron chi connectivity index (χ0n) is 13.5. The molecule has 1 amide bonds. The summed E-state index contributed by atoms with van der Waals surface area (Å²) in [6.45, 7) is -0.131. The lowest BCUT2D eigenvalue weighted by atomic mass is 10.2. The molecule has 0 radical (unpaired) electrons. The molecule has 2 aromatic carbocycles. The standard InChI is InChI=1S/C17H15ClN2O6/c18-14-5-1-12(2-6-14)11-26-19(10-9-16(21)22)17(23)13-3-7-15(8-4-13)20(24)25/h1-8H,9-11H2,(H,21,22). The Morgan fingerprint density at radius 1 is 1.12 bits per heavy atom. The Balaban J connectivity index is 2.11.